The molecule has 2 N–H and O–H groups in total. The van der Waals surface area contributed by atoms with Gasteiger partial charge in [-0.1, -0.05) is 102 Å². The highest BCUT2D eigenvalue weighted by Gasteiger charge is 2.37. The van der Waals surface area contributed by atoms with Gasteiger partial charge in [0.2, 0.25) is 0 Å². The molecule has 0 heterocycles. The number of rotatable bonds is 7. The zero-order valence-corrected chi connectivity index (χ0v) is 26.3. The first-order valence-electron chi connectivity index (χ1n) is 17.9. The predicted molar refractivity (Wildman–Crippen MR) is 183 cm³/mol. The zero-order chi connectivity index (χ0) is 29.0. The molecule has 1 fully saturated rings. The normalized spacial score (nSPS) is 34.1. The van der Waals surface area contributed by atoms with E-state index in [1.807, 2.05) is 11.1 Å². The number of benzene rings is 1. The van der Waals surface area contributed by atoms with Crippen LogP contribution in [-0.2, 0) is 0 Å². The fourth-order valence-corrected chi connectivity index (χ4v) is 9.76. The summed E-state index contributed by atoms with van der Waals surface area (Å²) in [6.07, 6.45) is 44.3. The van der Waals surface area contributed by atoms with E-state index >= 15 is 0 Å². The molecular formula is C42H53N. The molecule has 0 spiro atoms. The molecule has 1 aromatic rings. The van der Waals surface area contributed by atoms with Crippen LogP contribution in [0.25, 0.3) is 12.2 Å². The number of fused-ring (bicyclic) bond motifs is 2. The number of allylic oxidation sites excluding steroid dienone is 11. The van der Waals surface area contributed by atoms with Gasteiger partial charge in [0.05, 0.1) is 0 Å². The number of hydrogen-bond donors (Lipinski definition) is 1. The lowest BCUT2D eigenvalue weighted by Crippen LogP contribution is -2.31. The molecule has 43 heavy (non-hydrogen) atoms. The second-order valence-corrected chi connectivity index (χ2v) is 14.5. The Morgan fingerprint density at radius 3 is 2.33 bits per heavy atom. The van der Waals surface area contributed by atoms with E-state index in [2.05, 4.69) is 78.9 Å². The third-order valence-electron chi connectivity index (χ3n) is 12.1. The Morgan fingerprint density at radius 1 is 0.674 bits per heavy atom. The Hall–Kier alpha value is -2.80. The SMILES string of the molecule is N/C=C\CCC1=CC(C2=C3CCCCC3C(C3=CCC(C4C=CC(C5C=c6ccccc6=CC5)CC4)C=C3)CC2)CCC1. The average Bonchev–Trinajstić information content (AvgIpc) is 3.08. The van der Waals surface area contributed by atoms with Crippen molar-refractivity contribution in [1.82, 2.24) is 0 Å². The summed E-state index contributed by atoms with van der Waals surface area (Å²) in [5.74, 6) is 5.02. The quantitative estimate of drug-likeness (QED) is 0.324. The molecule has 6 aliphatic rings. The van der Waals surface area contributed by atoms with Crippen molar-refractivity contribution in [2.45, 2.75) is 96.3 Å². The zero-order valence-electron chi connectivity index (χ0n) is 26.3. The summed E-state index contributed by atoms with van der Waals surface area (Å²) in [7, 11) is 0. The molecule has 7 rings (SSSR count). The molecule has 0 amide bonds. The van der Waals surface area contributed by atoms with Crippen molar-refractivity contribution >= 4 is 12.2 Å². The Morgan fingerprint density at radius 2 is 1.51 bits per heavy atom. The smallest absolute Gasteiger partial charge is 0.00177 e. The maximum Gasteiger partial charge on any atom is -0.00177 e. The largest absolute Gasteiger partial charge is 0.405 e. The second kappa shape index (κ2) is 13.5. The predicted octanol–water partition coefficient (Wildman–Crippen LogP) is 9.23. The summed E-state index contributed by atoms with van der Waals surface area (Å²) in [4.78, 5) is 0. The molecule has 0 aromatic heterocycles. The summed E-state index contributed by atoms with van der Waals surface area (Å²) < 4.78 is 0. The minimum Gasteiger partial charge on any atom is -0.405 e. The summed E-state index contributed by atoms with van der Waals surface area (Å²) >= 11 is 0. The van der Waals surface area contributed by atoms with E-state index in [4.69, 9.17) is 5.73 Å². The van der Waals surface area contributed by atoms with E-state index < -0.39 is 0 Å². The van der Waals surface area contributed by atoms with Crippen LogP contribution in [0.1, 0.15) is 96.3 Å². The lowest BCUT2D eigenvalue weighted by Gasteiger charge is -2.42. The molecule has 0 radical (unpaired) electrons. The lowest BCUT2D eigenvalue weighted by atomic mass is 9.63. The number of nitrogens with two attached hydrogens (primary N) is 1. The van der Waals surface area contributed by atoms with E-state index in [1.165, 1.54) is 100 Å². The van der Waals surface area contributed by atoms with Gasteiger partial charge in [0.15, 0.2) is 0 Å². The highest BCUT2D eigenvalue weighted by Crippen LogP contribution is 2.50. The maximum absolute atomic E-state index is 5.60. The Labute approximate surface area is 260 Å². The van der Waals surface area contributed by atoms with E-state index in [0.29, 0.717) is 29.6 Å². The third-order valence-corrected chi connectivity index (χ3v) is 12.1. The van der Waals surface area contributed by atoms with E-state index in [0.717, 1.165) is 18.3 Å². The first kappa shape index (κ1) is 28.9. The van der Waals surface area contributed by atoms with Gasteiger partial charge in [0.1, 0.15) is 0 Å². The minimum atomic E-state index is 0.665. The molecule has 0 bridgehead atoms. The average molecular weight is 572 g/mol. The van der Waals surface area contributed by atoms with Crippen molar-refractivity contribution in [2.24, 2.45) is 47.2 Å². The van der Waals surface area contributed by atoms with Gasteiger partial charge >= 0.3 is 0 Å². The lowest BCUT2D eigenvalue weighted by molar-refractivity contribution is 0.302. The molecule has 0 aliphatic heterocycles. The second-order valence-electron chi connectivity index (χ2n) is 14.5. The molecule has 1 nitrogen and oxygen atoms in total. The first-order chi connectivity index (χ1) is 21.3. The Balaban J connectivity index is 0.996. The molecule has 6 aliphatic carbocycles. The van der Waals surface area contributed by atoms with Crippen LogP contribution >= 0.6 is 0 Å². The van der Waals surface area contributed by atoms with Crippen LogP contribution in [0.4, 0.5) is 0 Å². The van der Waals surface area contributed by atoms with Gasteiger partial charge in [0, 0.05) is 0 Å². The van der Waals surface area contributed by atoms with Crippen LogP contribution < -0.4 is 16.2 Å². The third kappa shape index (κ3) is 6.38. The fourth-order valence-electron chi connectivity index (χ4n) is 9.76. The van der Waals surface area contributed by atoms with Crippen molar-refractivity contribution in [3.63, 3.8) is 0 Å². The van der Waals surface area contributed by atoms with Gasteiger partial charge in [0.25, 0.3) is 0 Å². The van der Waals surface area contributed by atoms with Crippen LogP contribution in [-0.4, -0.2) is 0 Å². The van der Waals surface area contributed by atoms with Gasteiger partial charge in [-0.3, -0.25) is 0 Å². The van der Waals surface area contributed by atoms with Crippen molar-refractivity contribution < 1.29 is 0 Å². The van der Waals surface area contributed by atoms with E-state index in [9.17, 15) is 0 Å². The maximum atomic E-state index is 5.60. The first-order valence-corrected chi connectivity index (χ1v) is 17.9. The van der Waals surface area contributed by atoms with Gasteiger partial charge in [-0.2, -0.15) is 0 Å². The topological polar surface area (TPSA) is 26.0 Å². The van der Waals surface area contributed by atoms with Crippen LogP contribution in [0.5, 0.6) is 0 Å². The molecule has 1 aromatic carbocycles. The van der Waals surface area contributed by atoms with E-state index in [-0.39, 0.29) is 0 Å². The molecular weight excluding hydrogens is 518 g/mol. The summed E-state index contributed by atoms with van der Waals surface area (Å²) in [6, 6.07) is 8.89. The monoisotopic (exact) mass is 571 g/mol. The summed E-state index contributed by atoms with van der Waals surface area (Å²) in [6.45, 7) is 0. The van der Waals surface area contributed by atoms with Crippen molar-refractivity contribution in [1.29, 1.82) is 0 Å². The molecule has 226 valence electrons. The van der Waals surface area contributed by atoms with Crippen LogP contribution in [0.3, 0.4) is 0 Å². The van der Waals surface area contributed by atoms with Gasteiger partial charge in [-0.15, -0.1) is 0 Å². The van der Waals surface area contributed by atoms with Gasteiger partial charge in [-0.25, -0.2) is 0 Å². The van der Waals surface area contributed by atoms with Gasteiger partial charge < -0.3 is 5.73 Å². The standard InChI is InChI=1S/C42H53N/c43-27-6-5-8-30-9-7-12-38(28-30)40-26-25-39(41-13-3-4-14-42(40)41)35-22-19-33(20-23-35)32-15-17-34(18-16-32)37-24-21-31-10-1-2-11-36(31)29-37/h1-2,6,10-11,15,17,19,21-23,27-29,32-34,37-39,41H,3-5,7-9,12-14,16,18,20,24-26,43H2/b27-6-. The van der Waals surface area contributed by atoms with Crippen molar-refractivity contribution in [3.05, 3.63) is 106 Å². The van der Waals surface area contributed by atoms with Crippen LogP contribution in [0, 0.1) is 41.4 Å². The van der Waals surface area contributed by atoms with Gasteiger partial charge in [-0.05, 0) is 154 Å². The van der Waals surface area contributed by atoms with E-state index in [1.54, 1.807) is 17.3 Å². The highest BCUT2D eigenvalue weighted by atomic mass is 14.5. The van der Waals surface area contributed by atoms with Crippen molar-refractivity contribution in [2.75, 3.05) is 0 Å². The molecule has 1 heteroatoms. The van der Waals surface area contributed by atoms with Crippen molar-refractivity contribution in [3.8, 4) is 0 Å². The summed E-state index contributed by atoms with van der Waals surface area (Å²) in [5.41, 5.74) is 12.7. The van der Waals surface area contributed by atoms with Crippen LogP contribution in [0.15, 0.2) is 95.3 Å². The highest BCUT2D eigenvalue weighted by molar-refractivity contribution is 5.42. The Kier molecular flexibility index (Phi) is 9.06. The number of hydrogen-bond acceptors (Lipinski definition) is 1. The molecule has 0 saturated heterocycles. The minimum absolute atomic E-state index is 0.665. The fraction of sp³-hybridized carbons (Fsp3) is 0.524. The Bertz CT molecular complexity index is 1460. The summed E-state index contributed by atoms with van der Waals surface area (Å²) in [5, 5.41) is 2.85. The molecule has 7 unspecified atom stereocenters. The molecule has 7 atom stereocenters. The van der Waals surface area contributed by atoms with Crippen LogP contribution in [0.2, 0.25) is 0 Å². The molecule has 1 saturated carbocycles.